The minimum Gasteiger partial charge on any atom is -0.384 e. The van der Waals surface area contributed by atoms with Crippen molar-refractivity contribution < 1.29 is 4.92 Å². The monoisotopic (exact) mass is 263 g/mol. The van der Waals surface area contributed by atoms with Gasteiger partial charge in [0.2, 0.25) is 0 Å². The molecule has 1 aromatic rings. The number of benzene rings is 1. The molecule has 2 rings (SSSR count). The van der Waals surface area contributed by atoms with E-state index < -0.39 is 0 Å². The Hall–Kier alpha value is -1.62. The van der Waals surface area contributed by atoms with E-state index in [1.807, 2.05) is 6.92 Å². The summed E-state index contributed by atoms with van der Waals surface area (Å²) in [7, 11) is 2.15. The fraction of sp³-hybridized carbons (Fsp3) is 0.571. The number of piperidine rings is 1. The van der Waals surface area contributed by atoms with Gasteiger partial charge in [-0.15, -0.1) is 0 Å². The van der Waals surface area contributed by atoms with Gasteiger partial charge in [0.05, 0.1) is 4.92 Å². The minimum atomic E-state index is -0.347. The van der Waals surface area contributed by atoms with E-state index >= 15 is 0 Å². The lowest BCUT2D eigenvalue weighted by molar-refractivity contribution is -0.384. The fourth-order valence-electron chi connectivity index (χ4n) is 2.43. The first-order valence-electron chi connectivity index (χ1n) is 6.73. The molecule has 1 fully saturated rings. The lowest BCUT2D eigenvalue weighted by atomic mass is 9.97. The Balaban J connectivity index is 1.95. The van der Waals surface area contributed by atoms with Crippen molar-refractivity contribution in [1.29, 1.82) is 0 Å². The lowest BCUT2D eigenvalue weighted by Crippen LogP contribution is -2.33. The topological polar surface area (TPSA) is 58.4 Å². The zero-order chi connectivity index (χ0) is 13.8. The van der Waals surface area contributed by atoms with Crippen LogP contribution in [0.4, 0.5) is 11.4 Å². The normalized spacial score (nSPS) is 17.4. The van der Waals surface area contributed by atoms with Crippen LogP contribution in [0.25, 0.3) is 0 Å². The number of nitrogens with zero attached hydrogens (tertiary/aromatic N) is 2. The maximum atomic E-state index is 10.8. The van der Waals surface area contributed by atoms with Crippen LogP contribution in [-0.2, 0) is 0 Å². The second-order valence-electron chi connectivity index (χ2n) is 5.38. The summed E-state index contributed by atoms with van der Waals surface area (Å²) in [5.74, 6) is 0.662. The predicted octanol–water partition coefficient (Wildman–Crippen LogP) is 2.66. The fourth-order valence-corrected chi connectivity index (χ4v) is 2.43. The van der Waals surface area contributed by atoms with E-state index in [1.54, 1.807) is 18.2 Å². The van der Waals surface area contributed by atoms with Gasteiger partial charge in [0.15, 0.2) is 0 Å². The van der Waals surface area contributed by atoms with E-state index in [2.05, 4.69) is 17.3 Å². The molecule has 5 nitrogen and oxygen atoms in total. The number of hydrogen-bond donors (Lipinski definition) is 1. The van der Waals surface area contributed by atoms with Crippen LogP contribution in [0.1, 0.15) is 18.4 Å². The molecule has 5 heteroatoms. The van der Waals surface area contributed by atoms with Gasteiger partial charge in [-0.25, -0.2) is 0 Å². The molecule has 0 radical (unpaired) electrons. The van der Waals surface area contributed by atoms with Gasteiger partial charge in [-0.3, -0.25) is 10.1 Å². The smallest absolute Gasteiger partial charge is 0.271 e. The second-order valence-corrected chi connectivity index (χ2v) is 5.38. The quantitative estimate of drug-likeness (QED) is 0.670. The van der Waals surface area contributed by atoms with Crippen LogP contribution in [-0.4, -0.2) is 36.5 Å². The predicted molar refractivity (Wildman–Crippen MR) is 76.5 cm³/mol. The Labute approximate surface area is 113 Å². The van der Waals surface area contributed by atoms with Crippen molar-refractivity contribution in [2.24, 2.45) is 5.92 Å². The molecule has 1 saturated heterocycles. The molecule has 0 atom stereocenters. The second kappa shape index (κ2) is 6.02. The first-order valence-corrected chi connectivity index (χ1v) is 6.73. The van der Waals surface area contributed by atoms with Gasteiger partial charge < -0.3 is 10.2 Å². The van der Waals surface area contributed by atoms with Gasteiger partial charge in [-0.1, -0.05) is 6.07 Å². The molecule has 0 amide bonds. The third-order valence-electron chi connectivity index (χ3n) is 3.85. The number of nitro benzene ring substituents is 1. The van der Waals surface area contributed by atoms with Crippen molar-refractivity contribution in [1.82, 2.24) is 4.90 Å². The first-order chi connectivity index (χ1) is 9.06. The van der Waals surface area contributed by atoms with Gasteiger partial charge in [-0.2, -0.15) is 0 Å². The van der Waals surface area contributed by atoms with Gasteiger partial charge in [0.25, 0.3) is 5.69 Å². The highest BCUT2D eigenvalue weighted by Gasteiger charge is 2.17. The molecule has 1 aliphatic rings. The molecule has 0 saturated carbocycles. The van der Waals surface area contributed by atoms with Crippen LogP contribution in [0.15, 0.2) is 18.2 Å². The maximum absolute atomic E-state index is 10.8. The molecule has 1 heterocycles. The summed E-state index contributed by atoms with van der Waals surface area (Å²) in [4.78, 5) is 12.8. The molecule has 1 aromatic carbocycles. The van der Waals surface area contributed by atoms with Gasteiger partial charge >= 0.3 is 0 Å². The molecule has 1 N–H and O–H groups in total. The molecule has 0 bridgehead atoms. The van der Waals surface area contributed by atoms with Crippen LogP contribution < -0.4 is 5.32 Å². The number of likely N-dealkylation sites (tertiary alicyclic amines) is 1. The van der Waals surface area contributed by atoms with Crippen molar-refractivity contribution in [3.63, 3.8) is 0 Å². The molecule has 0 aliphatic carbocycles. The molecule has 19 heavy (non-hydrogen) atoms. The summed E-state index contributed by atoms with van der Waals surface area (Å²) >= 11 is 0. The van der Waals surface area contributed by atoms with Crippen LogP contribution in [0, 0.1) is 23.0 Å². The zero-order valence-electron chi connectivity index (χ0n) is 11.6. The SMILES string of the molecule is Cc1ccc([N+](=O)[O-])cc1NCC1CCN(C)CC1. The standard InChI is InChI=1S/C14H21N3O2/c1-11-3-4-13(17(18)19)9-14(11)15-10-12-5-7-16(2)8-6-12/h3-4,9,12,15H,5-8,10H2,1-2H3. The summed E-state index contributed by atoms with van der Waals surface area (Å²) in [6.45, 7) is 5.15. The largest absolute Gasteiger partial charge is 0.384 e. The van der Waals surface area contributed by atoms with E-state index in [0.29, 0.717) is 5.92 Å². The van der Waals surface area contributed by atoms with Gasteiger partial charge in [-0.05, 0) is 51.4 Å². The molecular formula is C14H21N3O2. The van der Waals surface area contributed by atoms with E-state index in [-0.39, 0.29) is 10.6 Å². The molecule has 1 aliphatic heterocycles. The Kier molecular flexibility index (Phi) is 4.37. The van der Waals surface area contributed by atoms with Crippen LogP contribution in [0.3, 0.4) is 0 Å². The zero-order valence-corrected chi connectivity index (χ0v) is 11.6. The third-order valence-corrected chi connectivity index (χ3v) is 3.85. The van der Waals surface area contributed by atoms with E-state index in [0.717, 1.165) is 30.9 Å². The van der Waals surface area contributed by atoms with Crippen molar-refractivity contribution in [3.8, 4) is 0 Å². The van der Waals surface area contributed by atoms with Crippen molar-refractivity contribution in [2.75, 3.05) is 32.0 Å². The molecule has 0 aromatic heterocycles. The number of nitro groups is 1. The van der Waals surface area contributed by atoms with Crippen molar-refractivity contribution >= 4 is 11.4 Å². The maximum Gasteiger partial charge on any atom is 0.271 e. The highest BCUT2D eigenvalue weighted by molar-refractivity contribution is 5.56. The Bertz CT molecular complexity index is 454. The minimum absolute atomic E-state index is 0.150. The van der Waals surface area contributed by atoms with Crippen LogP contribution in [0.2, 0.25) is 0 Å². The van der Waals surface area contributed by atoms with Gasteiger partial charge in [0, 0.05) is 24.4 Å². The number of nitrogens with one attached hydrogen (secondary N) is 1. The summed E-state index contributed by atoms with van der Waals surface area (Å²) in [5, 5.41) is 14.1. The highest BCUT2D eigenvalue weighted by atomic mass is 16.6. The molecule has 0 unspecified atom stereocenters. The Morgan fingerprint density at radius 3 is 2.74 bits per heavy atom. The van der Waals surface area contributed by atoms with Crippen molar-refractivity contribution in [3.05, 3.63) is 33.9 Å². The summed E-state index contributed by atoms with van der Waals surface area (Å²) in [6, 6.07) is 4.98. The number of hydrogen-bond acceptors (Lipinski definition) is 4. The van der Waals surface area contributed by atoms with Crippen molar-refractivity contribution in [2.45, 2.75) is 19.8 Å². The van der Waals surface area contributed by atoms with E-state index in [1.165, 1.54) is 12.8 Å². The third kappa shape index (κ3) is 3.67. The molecular weight excluding hydrogens is 242 g/mol. The van der Waals surface area contributed by atoms with Gasteiger partial charge in [0.1, 0.15) is 0 Å². The summed E-state index contributed by atoms with van der Waals surface area (Å²) < 4.78 is 0. The average molecular weight is 263 g/mol. The number of non-ortho nitro benzene ring substituents is 1. The van der Waals surface area contributed by atoms with Crippen LogP contribution >= 0.6 is 0 Å². The number of rotatable bonds is 4. The highest BCUT2D eigenvalue weighted by Crippen LogP contribution is 2.23. The Morgan fingerprint density at radius 2 is 2.11 bits per heavy atom. The van der Waals surface area contributed by atoms with E-state index in [4.69, 9.17) is 0 Å². The Morgan fingerprint density at radius 1 is 1.42 bits per heavy atom. The molecule has 0 spiro atoms. The summed E-state index contributed by atoms with van der Waals surface area (Å²) in [6.07, 6.45) is 2.38. The van der Waals surface area contributed by atoms with Crippen LogP contribution in [0.5, 0.6) is 0 Å². The number of anilines is 1. The average Bonchev–Trinajstić information content (AvgIpc) is 2.39. The first kappa shape index (κ1) is 13.8. The lowest BCUT2D eigenvalue weighted by Gasteiger charge is -2.29. The van der Waals surface area contributed by atoms with E-state index in [9.17, 15) is 10.1 Å². The summed E-state index contributed by atoms with van der Waals surface area (Å²) in [5.41, 5.74) is 2.09. The molecule has 104 valence electrons. The number of aryl methyl sites for hydroxylation is 1.